The highest BCUT2D eigenvalue weighted by molar-refractivity contribution is 5.96. The first-order chi connectivity index (χ1) is 13.0. The Labute approximate surface area is 157 Å². The second kappa shape index (κ2) is 9.42. The van der Waals surface area contributed by atoms with Gasteiger partial charge in [0, 0.05) is 24.2 Å². The van der Waals surface area contributed by atoms with Crippen LogP contribution in [0.1, 0.15) is 22.5 Å². The van der Waals surface area contributed by atoms with E-state index in [1.165, 1.54) is 21.3 Å². The fourth-order valence-corrected chi connectivity index (χ4v) is 2.42. The number of carbonyl (C=O) groups is 2. The topological polar surface area (TPSA) is 98.8 Å². The Kier molecular flexibility index (Phi) is 6.99. The van der Waals surface area contributed by atoms with E-state index in [1.54, 1.807) is 18.2 Å². The van der Waals surface area contributed by atoms with E-state index >= 15 is 0 Å². The summed E-state index contributed by atoms with van der Waals surface area (Å²) in [4.78, 5) is 28.5. The summed E-state index contributed by atoms with van der Waals surface area (Å²) in [6.45, 7) is 2.01. The number of nitrogens with zero attached hydrogens (tertiary/aromatic N) is 1. The van der Waals surface area contributed by atoms with Gasteiger partial charge in [-0.15, -0.1) is 0 Å². The number of amides is 2. The Balaban J connectivity index is 1.94. The summed E-state index contributed by atoms with van der Waals surface area (Å²) in [5.74, 6) is 1.06. The molecule has 144 valence electrons. The number of nitrogens with one attached hydrogen (secondary N) is 2. The molecule has 0 unspecified atom stereocenters. The predicted octanol–water partition coefficient (Wildman–Crippen LogP) is 2.17. The van der Waals surface area contributed by atoms with Gasteiger partial charge in [0.05, 0.1) is 21.3 Å². The minimum Gasteiger partial charge on any atom is -0.493 e. The van der Waals surface area contributed by atoms with Gasteiger partial charge in [0.15, 0.2) is 11.5 Å². The van der Waals surface area contributed by atoms with Gasteiger partial charge in [0.2, 0.25) is 11.7 Å². The molecule has 2 N–H and O–H groups in total. The molecule has 0 aliphatic carbocycles. The fourth-order valence-electron chi connectivity index (χ4n) is 2.42. The first-order valence-corrected chi connectivity index (χ1v) is 8.30. The second-order valence-corrected chi connectivity index (χ2v) is 5.63. The monoisotopic (exact) mass is 373 g/mol. The van der Waals surface area contributed by atoms with E-state index in [9.17, 15) is 9.59 Å². The fraction of sp³-hybridized carbons (Fsp3) is 0.316. The lowest BCUT2D eigenvalue weighted by atomic mass is 10.1. The molecular weight excluding hydrogens is 350 g/mol. The highest BCUT2D eigenvalue weighted by atomic mass is 16.5. The Morgan fingerprint density at radius 2 is 1.70 bits per heavy atom. The maximum atomic E-state index is 12.4. The molecule has 0 bridgehead atoms. The number of ether oxygens (including phenoxy) is 3. The SMILES string of the molecule is COc1cc(C(=O)NCCC(=O)Nc2cccc(C)n2)cc(OC)c1OC. The number of anilines is 1. The van der Waals surface area contributed by atoms with E-state index in [0.717, 1.165) is 5.69 Å². The molecule has 0 aliphatic heterocycles. The lowest BCUT2D eigenvalue weighted by Crippen LogP contribution is -2.27. The van der Waals surface area contributed by atoms with Crippen molar-refractivity contribution in [3.05, 3.63) is 41.6 Å². The van der Waals surface area contributed by atoms with E-state index in [-0.39, 0.29) is 24.8 Å². The lowest BCUT2D eigenvalue weighted by molar-refractivity contribution is -0.116. The van der Waals surface area contributed by atoms with Gasteiger partial charge >= 0.3 is 0 Å². The highest BCUT2D eigenvalue weighted by Crippen LogP contribution is 2.38. The number of hydrogen-bond acceptors (Lipinski definition) is 6. The Bertz CT molecular complexity index is 798. The van der Waals surface area contributed by atoms with Crippen LogP contribution < -0.4 is 24.8 Å². The maximum Gasteiger partial charge on any atom is 0.251 e. The zero-order valence-electron chi connectivity index (χ0n) is 15.8. The normalized spacial score (nSPS) is 10.1. The summed E-state index contributed by atoms with van der Waals surface area (Å²) in [5.41, 5.74) is 1.15. The second-order valence-electron chi connectivity index (χ2n) is 5.63. The number of benzene rings is 1. The third-order valence-corrected chi connectivity index (χ3v) is 3.72. The van der Waals surface area contributed by atoms with Crippen LogP contribution in [-0.2, 0) is 4.79 Å². The zero-order chi connectivity index (χ0) is 19.8. The number of aromatic nitrogens is 1. The minimum absolute atomic E-state index is 0.117. The molecule has 2 aromatic rings. The number of pyridine rings is 1. The molecule has 8 nitrogen and oxygen atoms in total. The van der Waals surface area contributed by atoms with Crippen molar-refractivity contribution in [1.82, 2.24) is 10.3 Å². The number of rotatable bonds is 8. The van der Waals surface area contributed by atoms with Gasteiger partial charge in [-0.1, -0.05) is 6.07 Å². The molecule has 0 spiro atoms. The molecule has 8 heteroatoms. The van der Waals surface area contributed by atoms with Gasteiger partial charge in [-0.3, -0.25) is 9.59 Å². The van der Waals surface area contributed by atoms with Crippen LogP contribution >= 0.6 is 0 Å². The smallest absolute Gasteiger partial charge is 0.251 e. The number of hydrogen-bond donors (Lipinski definition) is 2. The van der Waals surface area contributed by atoms with Gasteiger partial charge in [-0.25, -0.2) is 4.98 Å². The Hall–Kier alpha value is -3.29. The van der Waals surface area contributed by atoms with Crippen molar-refractivity contribution in [3.63, 3.8) is 0 Å². The van der Waals surface area contributed by atoms with Gasteiger partial charge in [0.1, 0.15) is 5.82 Å². The van der Waals surface area contributed by atoms with Crippen molar-refractivity contribution < 1.29 is 23.8 Å². The summed E-state index contributed by atoms with van der Waals surface area (Å²) >= 11 is 0. The van der Waals surface area contributed by atoms with Gasteiger partial charge < -0.3 is 24.8 Å². The minimum atomic E-state index is -0.351. The van der Waals surface area contributed by atoms with Crippen molar-refractivity contribution in [3.8, 4) is 17.2 Å². The molecule has 0 saturated carbocycles. The summed E-state index contributed by atoms with van der Waals surface area (Å²) in [7, 11) is 4.44. The van der Waals surface area contributed by atoms with E-state index in [0.29, 0.717) is 28.6 Å². The van der Waals surface area contributed by atoms with Crippen LogP contribution in [0.3, 0.4) is 0 Å². The summed E-state index contributed by atoms with van der Waals surface area (Å²) in [6, 6.07) is 8.46. The first-order valence-electron chi connectivity index (χ1n) is 8.30. The van der Waals surface area contributed by atoms with Gasteiger partial charge in [-0.2, -0.15) is 0 Å². The number of aryl methyl sites for hydroxylation is 1. The van der Waals surface area contributed by atoms with Crippen molar-refractivity contribution in [2.45, 2.75) is 13.3 Å². The summed E-state index contributed by atoms with van der Waals surface area (Å²) < 4.78 is 15.7. The molecule has 2 rings (SSSR count). The molecule has 0 saturated heterocycles. The predicted molar refractivity (Wildman–Crippen MR) is 101 cm³/mol. The van der Waals surface area contributed by atoms with Crippen molar-refractivity contribution >= 4 is 17.6 Å². The molecule has 27 heavy (non-hydrogen) atoms. The average molecular weight is 373 g/mol. The number of carbonyl (C=O) groups excluding carboxylic acids is 2. The molecule has 1 aromatic carbocycles. The number of methoxy groups -OCH3 is 3. The Morgan fingerprint density at radius 1 is 1.04 bits per heavy atom. The molecule has 1 aromatic heterocycles. The van der Waals surface area contributed by atoms with Crippen molar-refractivity contribution in [2.24, 2.45) is 0 Å². The van der Waals surface area contributed by atoms with Crippen LogP contribution in [0.5, 0.6) is 17.2 Å². The molecule has 0 radical (unpaired) electrons. The summed E-state index contributed by atoms with van der Waals surface area (Å²) in [6.07, 6.45) is 0.117. The molecular formula is C19H23N3O5. The van der Waals surface area contributed by atoms with Gasteiger partial charge in [-0.05, 0) is 31.2 Å². The van der Waals surface area contributed by atoms with E-state index in [2.05, 4.69) is 15.6 Å². The van der Waals surface area contributed by atoms with Crippen molar-refractivity contribution in [1.29, 1.82) is 0 Å². The quantitative estimate of drug-likeness (QED) is 0.736. The third-order valence-electron chi connectivity index (χ3n) is 3.72. The van der Waals surface area contributed by atoms with Crippen molar-refractivity contribution in [2.75, 3.05) is 33.2 Å². The summed E-state index contributed by atoms with van der Waals surface area (Å²) in [5, 5.41) is 5.38. The van der Waals surface area contributed by atoms with Crippen LogP contribution in [-0.4, -0.2) is 44.7 Å². The lowest BCUT2D eigenvalue weighted by Gasteiger charge is -2.14. The van der Waals surface area contributed by atoms with Gasteiger partial charge in [0.25, 0.3) is 5.91 Å². The maximum absolute atomic E-state index is 12.4. The zero-order valence-corrected chi connectivity index (χ0v) is 15.8. The molecule has 2 amide bonds. The first kappa shape index (κ1) is 20.0. The van der Waals surface area contributed by atoms with E-state index in [4.69, 9.17) is 14.2 Å². The van der Waals surface area contributed by atoms with E-state index in [1.807, 2.05) is 19.1 Å². The largest absolute Gasteiger partial charge is 0.493 e. The van der Waals surface area contributed by atoms with Crippen LogP contribution in [0.15, 0.2) is 30.3 Å². The third kappa shape index (κ3) is 5.34. The van der Waals surface area contributed by atoms with Crippen LogP contribution in [0.4, 0.5) is 5.82 Å². The average Bonchev–Trinajstić information content (AvgIpc) is 2.66. The Morgan fingerprint density at radius 3 is 2.26 bits per heavy atom. The van der Waals surface area contributed by atoms with Crippen LogP contribution in [0, 0.1) is 6.92 Å². The van der Waals surface area contributed by atoms with E-state index < -0.39 is 0 Å². The highest BCUT2D eigenvalue weighted by Gasteiger charge is 2.17. The van der Waals surface area contributed by atoms with Crippen LogP contribution in [0.25, 0.3) is 0 Å². The molecule has 0 atom stereocenters. The molecule has 0 aliphatic rings. The standard InChI is InChI=1S/C19H23N3O5/c1-12-6-5-7-16(21-12)22-17(23)8-9-20-19(24)13-10-14(25-2)18(27-4)15(11-13)26-3/h5-7,10-11H,8-9H2,1-4H3,(H,20,24)(H,21,22,23). The van der Waals surface area contributed by atoms with Crippen LogP contribution in [0.2, 0.25) is 0 Å². The molecule has 1 heterocycles. The molecule has 0 fully saturated rings.